The molecular formula is C24H31N3O. The van der Waals surface area contributed by atoms with Gasteiger partial charge < -0.3 is 15.5 Å². The first-order valence-electron chi connectivity index (χ1n) is 10.2. The van der Waals surface area contributed by atoms with Crippen molar-refractivity contribution in [3.8, 4) is 17.0 Å². The molecule has 3 aromatic rings. The lowest BCUT2D eigenvalue weighted by Crippen LogP contribution is -2.40. The van der Waals surface area contributed by atoms with Gasteiger partial charge in [-0.15, -0.1) is 0 Å². The maximum atomic E-state index is 6.96. The molecule has 3 N–H and O–H groups in total. The van der Waals surface area contributed by atoms with Crippen molar-refractivity contribution in [3.05, 3.63) is 72.2 Å². The Morgan fingerprint density at radius 2 is 1.86 bits per heavy atom. The summed E-state index contributed by atoms with van der Waals surface area (Å²) in [5.41, 5.74) is 9.61. The Labute approximate surface area is 168 Å². The van der Waals surface area contributed by atoms with E-state index in [1.807, 2.05) is 36.5 Å². The highest BCUT2D eigenvalue weighted by Crippen LogP contribution is 2.30. The van der Waals surface area contributed by atoms with Crippen LogP contribution >= 0.6 is 0 Å². The molecule has 0 radical (unpaired) electrons. The molecule has 4 nitrogen and oxygen atoms in total. The van der Waals surface area contributed by atoms with E-state index < -0.39 is 5.54 Å². The minimum absolute atomic E-state index is 0.508. The average Bonchev–Trinajstić information content (AvgIpc) is 3.23. The van der Waals surface area contributed by atoms with E-state index in [0.717, 1.165) is 42.1 Å². The summed E-state index contributed by atoms with van der Waals surface area (Å²) < 4.78 is 5.34. The van der Waals surface area contributed by atoms with Gasteiger partial charge in [-0.3, -0.25) is 0 Å². The van der Waals surface area contributed by atoms with Gasteiger partial charge in [0.2, 0.25) is 0 Å². The van der Waals surface area contributed by atoms with Gasteiger partial charge in [-0.2, -0.15) is 0 Å². The van der Waals surface area contributed by atoms with Crippen molar-refractivity contribution in [3.63, 3.8) is 0 Å². The summed E-state index contributed by atoms with van der Waals surface area (Å²) in [5, 5.41) is 0. The monoisotopic (exact) mass is 377 g/mol. The van der Waals surface area contributed by atoms with Crippen molar-refractivity contribution in [1.82, 2.24) is 9.97 Å². The lowest BCUT2D eigenvalue weighted by molar-refractivity contribution is 0.365. The summed E-state index contributed by atoms with van der Waals surface area (Å²) in [7, 11) is 1.68. The molecular weight excluding hydrogens is 346 g/mol. The molecule has 1 aromatic heterocycles. The Morgan fingerprint density at radius 1 is 1.04 bits per heavy atom. The van der Waals surface area contributed by atoms with E-state index in [1.165, 1.54) is 24.8 Å². The number of hydrogen-bond donors (Lipinski definition) is 2. The second kappa shape index (κ2) is 9.56. The van der Waals surface area contributed by atoms with E-state index in [0.29, 0.717) is 0 Å². The van der Waals surface area contributed by atoms with Crippen LogP contribution in [-0.4, -0.2) is 17.1 Å². The molecule has 0 saturated carbocycles. The summed E-state index contributed by atoms with van der Waals surface area (Å²) in [6, 6.07) is 18.4. The largest absolute Gasteiger partial charge is 0.497 e. The normalized spacial score (nSPS) is 13.2. The third-order valence-corrected chi connectivity index (χ3v) is 5.25. The molecule has 148 valence electrons. The molecule has 1 atom stereocenters. The minimum Gasteiger partial charge on any atom is -0.497 e. The van der Waals surface area contributed by atoms with Crippen LogP contribution < -0.4 is 10.5 Å². The fraction of sp³-hybridized carbons (Fsp3) is 0.375. The van der Waals surface area contributed by atoms with E-state index in [1.54, 1.807) is 7.11 Å². The highest BCUT2D eigenvalue weighted by atomic mass is 16.5. The van der Waals surface area contributed by atoms with Crippen LogP contribution in [-0.2, 0) is 12.0 Å². The number of nitrogens with one attached hydrogen (secondary N) is 1. The van der Waals surface area contributed by atoms with Gasteiger partial charge in [-0.1, -0.05) is 75.1 Å². The first kappa shape index (κ1) is 20.2. The first-order chi connectivity index (χ1) is 13.6. The maximum Gasteiger partial charge on any atom is 0.127 e. The standard InChI is InChI=1S/C24H31N3O/c1-3-4-5-9-15-24(25,17-19-11-7-6-8-12-19)23-26-18-22(27-23)20-13-10-14-21(16-20)28-2/h6-8,10-14,16,18H,3-5,9,15,17,25H2,1-2H3,(H,26,27). The number of unbranched alkanes of at least 4 members (excludes halogenated alkanes) is 3. The first-order valence-corrected chi connectivity index (χ1v) is 10.2. The van der Waals surface area contributed by atoms with Crippen LogP contribution in [0.3, 0.4) is 0 Å². The zero-order valence-corrected chi connectivity index (χ0v) is 16.9. The van der Waals surface area contributed by atoms with E-state index in [9.17, 15) is 0 Å². The molecule has 0 aliphatic heterocycles. The molecule has 1 unspecified atom stereocenters. The van der Waals surface area contributed by atoms with Crippen LogP contribution in [0.5, 0.6) is 5.75 Å². The molecule has 4 heteroatoms. The second-order valence-corrected chi connectivity index (χ2v) is 7.50. The highest BCUT2D eigenvalue weighted by molar-refractivity contribution is 5.60. The number of nitrogens with zero attached hydrogens (tertiary/aromatic N) is 1. The predicted molar refractivity (Wildman–Crippen MR) is 115 cm³/mol. The third-order valence-electron chi connectivity index (χ3n) is 5.25. The number of ether oxygens (including phenoxy) is 1. The van der Waals surface area contributed by atoms with Crippen molar-refractivity contribution in [2.75, 3.05) is 7.11 Å². The zero-order chi connectivity index (χ0) is 19.8. The number of benzene rings is 2. The quantitative estimate of drug-likeness (QED) is 0.462. The second-order valence-electron chi connectivity index (χ2n) is 7.50. The molecule has 0 amide bonds. The molecule has 0 saturated heterocycles. The van der Waals surface area contributed by atoms with E-state index in [4.69, 9.17) is 15.5 Å². The van der Waals surface area contributed by atoms with E-state index in [-0.39, 0.29) is 0 Å². The number of imidazole rings is 1. The SMILES string of the molecule is CCCCCCC(N)(Cc1ccccc1)c1nc(-c2cccc(OC)c2)c[nH]1. The van der Waals surface area contributed by atoms with Crippen LogP contribution in [0, 0.1) is 0 Å². The summed E-state index contributed by atoms with van der Waals surface area (Å²) >= 11 is 0. The zero-order valence-electron chi connectivity index (χ0n) is 16.9. The Balaban J connectivity index is 1.85. The Kier molecular flexibility index (Phi) is 6.88. The smallest absolute Gasteiger partial charge is 0.127 e. The Hall–Kier alpha value is -2.59. The molecule has 0 aliphatic rings. The molecule has 0 fully saturated rings. The van der Waals surface area contributed by atoms with Gasteiger partial charge in [-0.05, 0) is 30.5 Å². The minimum atomic E-state index is -0.508. The topological polar surface area (TPSA) is 63.9 Å². The lowest BCUT2D eigenvalue weighted by Gasteiger charge is -2.28. The van der Waals surface area contributed by atoms with Gasteiger partial charge >= 0.3 is 0 Å². The number of aromatic nitrogens is 2. The lowest BCUT2D eigenvalue weighted by atomic mass is 9.85. The van der Waals surface area contributed by atoms with E-state index in [2.05, 4.69) is 36.2 Å². The fourth-order valence-electron chi connectivity index (χ4n) is 3.62. The van der Waals surface area contributed by atoms with Crippen molar-refractivity contribution >= 4 is 0 Å². The average molecular weight is 378 g/mol. The van der Waals surface area contributed by atoms with Gasteiger partial charge in [0.15, 0.2) is 0 Å². The molecule has 28 heavy (non-hydrogen) atoms. The number of nitrogens with two attached hydrogens (primary N) is 1. The number of methoxy groups -OCH3 is 1. The van der Waals surface area contributed by atoms with Crippen LogP contribution in [0.15, 0.2) is 60.8 Å². The summed E-state index contributed by atoms with van der Waals surface area (Å²) in [6.45, 7) is 2.23. The van der Waals surface area contributed by atoms with E-state index >= 15 is 0 Å². The molecule has 2 aromatic carbocycles. The molecule has 1 heterocycles. The van der Waals surface area contributed by atoms with Crippen LogP contribution in [0.4, 0.5) is 0 Å². The Morgan fingerprint density at radius 3 is 2.61 bits per heavy atom. The number of hydrogen-bond acceptors (Lipinski definition) is 3. The molecule has 3 rings (SSSR count). The van der Waals surface area contributed by atoms with Crippen LogP contribution in [0.2, 0.25) is 0 Å². The summed E-state index contributed by atoms with van der Waals surface area (Å²) in [5.74, 6) is 1.68. The van der Waals surface area contributed by atoms with Gasteiger partial charge in [0.25, 0.3) is 0 Å². The van der Waals surface area contributed by atoms with Crippen molar-refractivity contribution in [2.45, 2.75) is 51.0 Å². The van der Waals surface area contributed by atoms with Gasteiger partial charge in [0, 0.05) is 11.8 Å². The highest BCUT2D eigenvalue weighted by Gasteiger charge is 2.30. The molecule has 0 spiro atoms. The third kappa shape index (κ3) is 5.02. The predicted octanol–water partition coefficient (Wildman–Crippen LogP) is 5.45. The van der Waals surface area contributed by atoms with Crippen LogP contribution in [0.25, 0.3) is 11.3 Å². The van der Waals surface area contributed by atoms with Crippen molar-refractivity contribution in [2.24, 2.45) is 5.73 Å². The van der Waals surface area contributed by atoms with Gasteiger partial charge in [0.1, 0.15) is 11.6 Å². The van der Waals surface area contributed by atoms with Gasteiger partial charge in [-0.25, -0.2) is 4.98 Å². The maximum absolute atomic E-state index is 6.96. The van der Waals surface area contributed by atoms with Crippen molar-refractivity contribution < 1.29 is 4.74 Å². The van der Waals surface area contributed by atoms with Crippen LogP contribution in [0.1, 0.15) is 50.4 Å². The van der Waals surface area contributed by atoms with Gasteiger partial charge in [0.05, 0.1) is 18.3 Å². The fourth-order valence-corrected chi connectivity index (χ4v) is 3.62. The Bertz CT molecular complexity index is 859. The summed E-state index contributed by atoms with van der Waals surface area (Å²) in [4.78, 5) is 8.25. The molecule has 0 bridgehead atoms. The van der Waals surface area contributed by atoms with Crippen molar-refractivity contribution in [1.29, 1.82) is 0 Å². The molecule has 0 aliphatic carbocycles. The number of rotatable bonds is 10. The summed E-state index contributed by atoms with van der Waals surface area (Å²) in [6.07, 6.45) is 8.40. The number of H-pyrrole nitrogens is 1. The number of aromatic amines is 1.